The second kappa shape index (κ2) is 5.56. The number of nitrogens with one attached hydrogen (secondary N) is 1. The molecule has 1 aromatic carbocycles. The minimum absolute atomic E-state index is 0.110. The zero-order chi connectivity index (χ0) is 13.9. The zero-order valence-corrected chi connectivity index (χ0v) is 11.7. The van der Waals surface area contributed by atoms with E-state index in [2.05, 4.69) is 5.32 Å². The molecule has 1 aromatic rings. The summed E-state index contributed by atoms with van der Waals surface area (Å²) in [5.74, 6) is -0.295. The quantitative estimate of drug-likeness (QED) is 0.851. The fraction of sp³-hybridized carbons (Fsp3) is 0.538. The van der Waals surface area contributed by atoms with E-state index >= 15 is 0 Å². The Balaban J connectivity index is 2.26. The predicted molar refractivity (Wildman–Crippen MR) is 71.0 cm³/mol. The molecular weight excluding hydrogens is 269 g/mol. The van der Waals surface area contributed by atoms with E-state index in [-0.39, 0.29) is 17.8 Å². The molecule has 0 spiro atoms. The van der Waals surface area contributed by atoms with Crippen molar-refractivity contribution in [2.24, 2.45) is 0 Å². The van der Waals surface area contributed by atoms with E-state index in [1.165, 1.54) is 12.1 Å². The van der Waals surface area contributed by atoms with Crippen molar-refractivity contribution in [3.05, 3.63) is 35.6 Å². The molecule has 0 radical (unpaired) electrons. The lowest BCUT2D eigenvalue weighted by Gasteiger charge is -2.37. The standard InChI is InChI=1S/C13H18FNO3S/c1-19(16,17)18-10-13(6-8-15-9-7-13)11-2-4-12(14)5-3-11/h2-5,15H,6-10H2,1H3. The van der Waals surface area contributed by atoms with E-state index in [0.717, 1.165) is 37.8 Å². The van der Waals surface area contributed by atoms with Crippen LogP contribution in [0.1, 0.15) is 18.4 Å². The maximum atomic E-state index is 13.0. The number of rotatable bonds is 4. The fourth-order valence-electron chi connectivity index (χ4n) is 2.44. The van der Waals surface area contributed by atoms with Crippen LogP contribution in [0.25, 0.3) is 0 Å². The van der Waals surface area contributed by atoms with Gasteiger partial charge in [-0.25, -0.2) is 4.39 Å². The average Bonchev–Trinajstić information content (AvgIpc) is 2.37. The molecule has 1 N–H and O–H groups in total. The second-order valence-electron chi connectivity index (χ2n) is 5.00. The molecule has 1 saturated heterocycles. The Morgan fingerprint density at radius 1 is 1.26 bits per heavy atom. The van der Waals surface area contributed by atoms with E-state index in [4.69, 9.17) is 4.18 Å². The van der Waals surface area contributed by atoms with Crippen molar-refractivity contribution in [2.45, 2.75) is 18.3 Å². The summed E-state index contributed by atoms with van der Waals surface area (Å²) in [6, 6.07) is 6.23. The fourth-order valence-corrected chi connectivity index (χ4v) is 2.88. The van der Waals surface area contributed by atoms with Crippen LogP contribution >= 0.6 is 0 Å². The Morgan fingerprint density at radius 2 is 1.84 bits per heavy atom. The first-order valence-corrected chi connectivity index (χ1v) is 8.04. The molecular formula is C13H18FNO3S. The zero-order valence-electron chi connectivity index (χ0n) is 10.9. The van der Waals surface area contributed by atoms with Gasteiger partial charge in [0.2, 0.25) is 0 Å². The predicted octanol–water partition coefficient (Wildman–Crippen LogP) is 1.42. The van der Waals surface area contributed by atoms with Crippen LogP contribution in [-0.4, -0.2) is 34.4 Å². The largest absolute Gasteiger partial charge is 0.317 e. The molecule has 4 nitrogen and oxygen atoms in total. The van der Waals surface area contributed by atoms with E-state index in [9.17, 15) is 12.8 Å². The molecule has 1 fully saturated rings. The highest BCUT2D eigenvalue weighted by atomic mass is 32.2. The maximum Gasteiger partial charge on any atom is 0.264 e. The number of hydrogen-bond acceptors (Lipinski definition) is 4. The molecule has 1 heterocycles. The van der Waals surface area contributed by atoms with Crippen molar-refractivity contribution in [2.75, 3.05) is 26.0 Å². The summed E-state index contributed by atoms with van der Waals surface area (Å²) >= 11 is 0. The van der Waals surface area contributed by atoms with Crippen molar-refractivity contribution in [1.82, 2.24) is 5.32 Å². The first-order chi connectivity index (χ1) is 8.91. The van der Waals surface area contributed by atoms with Crippen molar-refractivity contribution < 1.29 is 17.0 Å². The van der Waals surface area contributed by atoms with E-state index < -0.39 is 10.1 Å². The highest BCUT2D eigenvalue weighted by molar-refractivity contribution is 7.85. The van der Waals surface area contributed by atoms with E-state index in [1.807, 2.05) is 0 Å². The minimum atomic E-state index is -3.47. The summed E-state index contributed by atoms with van der Waals surface area (Å²) in [5, 5.41) is 3.24. The Kier molecular flexibility index (Phi) is 4.23. The molecule has 0 unspecified atom stereocenters. The highest BCUT2D eigenvalue weighted by Crippen LogP contribution is 2.34. The summed E-state index contributed by atoms with van der Waals surface area (Å²) in [4.78, 5) is 0. The van der Waals surface area contributed by atoms with Crippen LogP contribution in [0.4, 0.5) is 4.39 Å². The second-order valence-corrected chi connectivity index (χ2v) is 6.65. The summed E-state index contributed by atoms with van der Waals surface area (Å²) in [7, 11) is -3.47. The molecule has 0 aromatic heterocycles. The van der Waals surface area contributed by atoms with Gasteiger partial charge in [0.05, 0.1) is 12.9 Å². The van der Waals surface area contributed by atoms with Crippen molar-refractivity contribution in [3.63, 3.8) is 0 Å². The van der Waals surface area contributed by atoms with Gasteiger partial charge in [0, 0.05) is 5.41 Å². The highest BCUT2D eigenvalue weighted by Gasteiger charge is 2.35. The first-order valence-electron chi connectivity index (χ1n) is 6.23. The maximum absolute atomic E-state index is 13.0. The Morgan fingerprint density at radius 3 is 2.37 bits per heavy atom. The Bertz CT molecular complexity index is 521. The molecule has 0 aliphatic carbocycles. The molecule has 0 atom stereocenters. The molecule has 0 bridgehead atoms. The normalized spacial score (nSPS) is 19.3. The number of piperidine rings is 1. The van der Waals surface area contributed by atoms with Gasteiger partial charge >= 0.3 is 0 Å². The van der Waals surface area contributed by atoms with Crippen LogP contribution < -0.4 is 5.32 Å². The van der Waals surface area contributed by atoms with Crippen molar-refractivity contribution in [1.29, 1.82) is 0 Å². The van der Waals surface area contributed by atoms with Crippen LogP contribution in [-0.2, 0) is 19.7 Å². The molecule has 2 rings (SSSR count). The monoisotopic (exact) mass is 287 g/mol. The number of hydrogen-bond donors (Lipinski definition) is 1. The van der Waals surface area contributed by atoms with Gasteiger partial charge in [0.25, 0.3) is 10.1 Å². The lowest BCUT2D eigenvalue weighted by Crippen LogP contribution is -2.43. The topological polar surface area (TPSA) is 55.4 Å². The third-order valence-corrected chi connectivity index (χ3v) is 4.11. The molecule has 19 heavy (non-hydrogen) atoms. The Labute approximate surface area is 113 Å². The first kappa shape index (κ1) is 14.4. The third kappa shape index (κ3) is 3.75. The van der Waals surface area contributed by atoms with Crippen LogP contribution in [0.15, 0.2) is 24.3 Å². The van der Waals surface area contributed by atoms with Crippen molar-refractivity contribution in [3.8, 4) is 0 Å². The summed E-state index contributed by atoms with van der Waals surface area (Å²) < 4.78 is 40.4. The van der Waals surface area contributed by atoms with Crippen LogP contribution in [0.3, 0.4) is 0 Å². The lowest BCUT2D eigenvalue weighted by molar-refractivity contribution is 0.182. The van der Waals surface area contributed by atoms with Gasteiger partial charge in [-0.3, -0.25) is 4.18 Å². The van der Waals surface area contributed by atoms with Crippen LogP contribution in [0.5, 0.6) is 0 Å². The van der Waals surface area contributed by atoms with Gasteiger partial charge in [-0.15, -0.1) is 0 Å². The van der Waals surface area contributed by atoms with Gasteiger partial charge in [-0.05, 0) is 43.6 Å². The molecule has 1 aliphatic rings. The number of benzene rings is 1. The van der Waals surface area contributed by atoms with E-state index in [0.29, 0.717) is 0 Å². The summed E-state index contributed by atoms with van der Waals surface area (Å²) in [6.45, 7) is 1.70. The van der Waals surface area contributed by atoms with Crippen LogP contribution in [0, 0.1) is 5.82 Å². The summed E-state index contributed by atoms with van der Waals surface area (Å²) in [5.41, 5.74) is 0.571. The van der Waals surface area contributed by atoms with Gasteiger partial charge < -0.3 is 5.32 Å². The molecule has 6 heteroatoms. The van der Waals surface area contributed by atoms with Gasteiger partial charge in [-0.2, -0.15) is 8.42 Å². The molecule has 0 saturated carbocycles. The summed E-state index contributed by atoms with van der Waals surface area (Å²) in [6.07, 6.45) is 2.59. The van der Waals surface area contributed by atoms with Crippen LogP contribution in [0.2, 0.25) is 0 Å². The average molecular weight is 287 g/mol. The lowest BCUT2D eigenvalue weighted by atomic mass is 9.74. The SMILES string of the molecule is CS(=O)(=O)OCC1(c2ccc(F)cc2)CCNCC1. The molecule has 106 valence electrons. The third-order valence-electron chi connectivity index (χ3n) is 3.57. The molecule has 0 amide bonds. The van der Waals surface area contributed by atoms with Crippen molar-refractivity contribution >= 4 is 10.1 Å². The van der Waals surface area contributed by atoms with Gasteiger partial charge in [0.15, 0.2) is 0 Å². The minimum Gasteiger partial charge on any atom is -0.317 e. The Hall–Kier alpha value is -0.980. The number of halogens is 1. The molecule has 1 aliphatic heterocycles. The van der Waals surface area contributed by atoms with Gasteiger partial charge in [0.1, 0.15) is 5.82 Å². The van der Waals surface area contributed by atoms with E-state index in [1.54, 1.807) is 12.1 Å². The smallest absolute Gasteiger partial charge is 0.264 e. The van der Waals surface area contributed by atoms with Gasteiger partial charge in [-0.1, -0.05) is 12.1 Å².